The highest BCUT2D eigenvalue weighted by Crippen LogP contribution is 2.37. The Morgan fingerprint density at radius 3 is 2.26 bits per heavy atom. The van der Waals surface area contributed by atoms with Gasteiger partial charge in [-0.2, -0.15) is 4.31 Å². The van der Waals surface area contributed by atoms with Gasteiger partial charge in [0.1, 0.15) is 5.00 Å². The summed E-state index contributed by atoms with van der Waals surface area (Å²) in [5, 5.41) is 6.17. The highest BCUT2D eigenvalue weighted by molar-refractivity contribution is 7.89. The van der Waals surface area contributed by atoms with Crippen molar-refractivity contribution >= 4 is 38.2 Å². The number of carbonyl (C=O) groups excluding carboxylic acids is 2. The molecule has 1 fully saturated rings. The van der Waals surface area contributed by atoms with Gasteiger partial charge in [0.2, 0.25) is 10.0 Å². The van der Waals surface area contributed by atoms with Crippen LogP contribution in [-0.4, -0.2) is 44.7 Å². The van der Waals surface area contributed by atoms with Crippen molar-refractivity contribution in [3.05, 3.63) is 45.8 Å². The fourth-order valence-corrected chi connectivity index (χ4v) is 7.65. The van der Waals surface area contributed by atoms with Crippen molar-refractivity contribution in [3.63, 3.8) is 0 Å². The van der Waals surface area contributed by atoms with Crippen LogP contribution in [0.25, 0.3) is 0 Å². The number of fused-ring (bicyclic) bond motifs is 1. The number of amides is 2. The zero-order chi connectivity index (χ0) is 24.3. The van der Waals surface area contributed by atoms with Crippen LogP contribution in [0.4, 0.5) is 5.00 Å². The second-order valence-corrected chi connectivity index (χ2v) is 12.2. The van der Waals surface area contributed by atoms with Crippen molar-refractivity contribution in [1.82, 2.24) is 9.62 Å². The minimum Gasteiger partial charge on any atom is -0.355 e. The van der Waals surface area contributed by atoms with Crippen LogP contribution in [0.2, 0.25) is 0 Å². The number of carbonyl (C=O) groups is 2. The van der Waals surface area contributed by atoms with E-state index in [2.05, 4.69) is 10.6 Å². The molecule has 1 saturated carbocycles. The van der Waals surface area contributed by atoms with Gasteiger partial charge in [-0.15, -0.1) is 11.3 Å². The quantitative estimate of drug-likeness (QED) is 0.564. The van der Waals surface area contributed by atoms with E-state index in [0.717, 1.165) is 69.8 Å². The van der Waals surface area contributed by atoms with E-state index >= 15 is 0 Å². The Morgan fingerprint density at radius 1 is 0.941 bits per heavy atom. The van der Waals surface area contributed by atoms with Crippen LogP contribution in [0.5, 0.6) is 0 Å². The van der Waals surface area contributed by atoms with E-state index in [1.807, 2.05) is 0 Å². The standard InChI is InChI=1S/C25H33N3O4S2/c1-26-24(30)22-20-11-7-4-8-12-21(20)33-25(22)27-23(29)17-13-15-19(16-14-17)34(31,32)28(2)18-9-5-3-6-10-18/h13-16,18H,3-12H2,1-2H3,(H,26,30)(H,27,29). The van der Waals surface area contributed by atoms with Gasteiger partial charge in [0, 0.05) is 30.6 Å². The Balaban J connectivity index is 1.53. The average molecular weight is 504 g/mol. The maximum atomic E-state index is 13.1. The van der Waals surface area contributed by atoms with E-state index in [9.17, 15) is 18.0 Å². The molecule has 7 nitrogen and oxygen atoms in total. The topological polar surface area (TPSA) is 95.6 Å². The number of hydrogen-bond donors (Lipinski definition) is 2. The second kappa shape index (κ2) is 10.6. The number of thiophene rings is 1. The molecule has 0 spiro atoms. The molecule has 1 heterocycles. The second-order valence-electron chi connectivity index (χ2n) is 9.14. The number of anilines is 1. The number of benzene rings is 1. The molecule has 9 heteroatoms. The number of hydrogen-bond acceptors (Lipinski definition) is 5. The van der Waals surface area contributed by atoms with Crippen molar-refractivity contribution in [2.24, 2.45) is 0 Å². The van der Waals surface area contributed by atoms with Crippen LogP contribution >= 0.6 is 11.3 Å². The summed E-state index contributed by atoms with van der Waals surface area (Å²) in [6.45, 7) is 0. The van der Waals surface area contributed by atoms with Gasteiger partial charge in [0.05, 0.1) is 10.5 Å². The number of aryl methyl sites for hydroxylation is 1. The predicted octanol–water partition coefficient (Wildman–Crippen LogP) is 4.58. The van der Waals surface area contributed by atoms with E-state index in [0.29, 0.717) is 16.1 Å². The molecule has 1 aromatic carbocycles. The van der Waals surface area contributed by atoms with E-state index < -0.39 is 10.0 Å². The Morgan fingerprint density at radius 2 is 1.59 bits per heavy atom. The third-order valence-electron chi connectivity index (χ3n) is 6.98. The highest BCUT2D eigenvalue weighted by atomic mass is 32.2. The SMILES string of the molecule is CNC(=O)c1c(NC(=O)c2ccc(S(=O)(=O)N(C)C3CCCCC3)cc2)sc2c1CCCCC2. The molecule has 4 rings (SSSR count). The van der Waals surface area contributed by atoms with Gasteiger partial charge in [0.15, 0.2) is 0 Å². The summed E-state index contributed by atoms with van der Waals surface area (Å²) in [4.78, 5) is 27.0. The molecule has 0 saturated heterocycles. The van der Waals surface area contributed by atoms with Crippen LogP contribution in [-0.2, 0) is 22.9 Å². The molecule has 2 N–H and O–H groups in total. The highest BCUT2D eigenvalue weighted by Gasteiger charge is 2.29. The van der Waals surface area contributed by atoms with Gasteiger partial charge in [-0.25, -0.2) is 8.42 Å². The van der Waals surface area contributed by atoms with Crippen LogP contribution < -0.4 is 10.6 Å². The number of sulfonamides is 1. The van der Waals surface area contributed by atoms with Crippen molar-refractivity contribution in [3.8, 4) is 0 Å². The summed E-state index contributed by atoms with van der Waals surface area (Å²) >= 11 is 1.47. The lowest BCUT2D eigenvalue weighted by Gasteiger charge is -2.30. The molecule has 34 heavy (non-hydrogen) atoms. The Kier molecular flexibility index (Phi) is 7.74. The summed E-state index contributed by atoms with van der Waals surface area (Å²) in [7, 11) is -0.375. The fourth-order valence-electron chi connectivity index (χ4n) is 4.96. The monoisotopic (exact) mass is 503 g/mol. The molecule has 2 amide bonds. The van der Waals surface area contributed by atoms with Crippen LogP contribution in [0, 0.1) is 0 Å². The van der Waals surface area contributed by atoms with Gasteiger partial charge in [-0.3, -0.25) is 9.59 Å². The van der Waals surface area contributed by atoms with Crippen molar-refractivity contribution in [1.29, 1.82) is 0 Å². The maximum absolute atomic E-state index is 13.1. The first-order chi connectivity index (χ1) is 16.3. The third kappa shape index (κ3) is 5.06. The van der Waals surface area contributed by atoms with Gasteiger partial charge in [0.25, 0.3) is 11.8 Å². The Labute approximate surface area is 206 Å². The normalized spacial score (nSPS) is 17.1. The van der Waals surface area contributed by atoms with Crippen LogP contribution in [0.15, 0.2) is 29.2 Å². The molecule has 0 unspecified atom stereocenters. The van der Waals surface area contributed by atoms with Gasteiger partial charge >= 0.3 is 0 Å². The Bertz CT molecular complexity index is 1150. The molecule has 184 valence electrons. The fraction of sp³-hybridized carbons (Fsp3) is 0.520. The zero-order valence-electron chi connectivity index (χ0n) is 19.9. The summed E-state index contributed by atoms with van der Waals surface area (Å²) < 4.78 is 27.6. The van der Waals surface area contributed by atoms with E-state index in [1.165, 1.54) is 44.8 Å². The minimum atomic E-state index is -3.62. The summed E-state index contributed by atoms with van der Waals surface area (Å²) in [5.74, 6) is -0.548. The van der Waals surface area contributed by atoms with Crippen molar-refractivity contribution in [2.45, 2.75) is 75.1 Å². The van der Waals surface area contributed by atoms with E-state index in [1.54, 1.807) is 14.1 Å². The lowest BCUT2D eigenvalue weighted by atomic mass is 9.96. The molecule has 0 atom stereocenters. The molecule has 2 aliphatic rings. The van der Waals surface area contributed by atoms with E-state index in [-0.39, 0.29) is 22.8 Å². The number of nitrogens with zero attached hydrogens (tertiary/aromatic N) is 1. The minimum absolute atomic E-state index is 0.0268. The lowest BCUT2D eigenvalue weighted by molar-refractivity contribution is 0.0963. The first-order valence-electron chi connectivity index (χ1n) is 12.1. The molecule has 0 aliphatic heterocycles. The molecular weight excluding hydrogens is 470 g/mol. The largest absolute Gasteiger partial charge is 0.355 e. The average Bonchev–Trinajstić information content (AvgIpc) is 3.03. The van der Waals surface area contributed by atoms with Crippen LogP contribution in [0.3, 0.4) is 0 Å². The molecule has 1 aromatic heterocycles. The predicted molar refractivity (Wildman–Crippen MR) is 135 cm³/mol. The third-order valence-corrected chi connectivity index (χ3v) is 10.1. The number of nitrogens with one attached hydrogen (secondary N) is 2. The zero-order valence-corrected chi connectivity index (χ0v) is 21.5. The molecule has 2 aliphatic carbocycles. The number of rotatable bonds is 6. The summed E-state index contributed by atoms with van der Waals surface area (Å²) in [6, 6.07) is 6.09. The van der Waals surface area contributed by atoms with E-state index in [4.69, 9.17) is 0 Å². The molecule has 0 radical (unpaired) electrons. The molecule has 0 bridgehead atoms. The summed E-state index contributed by atoms with van der Waals surface area (Å²) in [6.07, 6.45) is 10.0. The molecular formula is C25H33N3O4S2. The van der Waals surface area contributed by atoms with Gasteiger partial charge < -0.3 is 10.6 Å². The maximum Gasteiger partial charge on any atom is 0.256 e. The smallest absolute Gasteiger partial charge is 0.256 e. The summed E-state index contributed by atoms with van der Waals surface area (Å²) in [5.41, 5.74) is 1.96. The van der Waals surface area contributed by atoms with Crippen LogP contribution in [0.1, 0.15) is 82.5 Å². The lowest BCUT2D eigenvalue weighted by Crippen LogP contribution is -2.38. The van der Waals surface area contributed by atoms with Crippen molar-refractivity contribution < 1.29 is 18.0 Å². The van der Waals surface area contributed by atoms with Gasteiger partial charge in [-0.1, -0.05) is 25.7 Å². The first kappa shape index (κ1) is 24.9. The first-order valence-corrected chi connectivity index (χ1v) is 14.3. The van der Waals surface area contributed by atoms with Crippen molar-refractivity contribution in [2.75, 3.05) is 19.4 Å². The van der Waals surface area contributed by atoms with Gasteiger partial charge in [-0.05, 0) is 68.4 Å². The Hall–Kier alpha value is -2.23. The molecule has 2 aromatic rings.